The monoisotopic (exact) mass is 270 g/mol. The highest BCUT2D eigenvalue weighted by molar-refractivity contribution is 7.92. The first-order valence-corrected chi connectivity index (χ1v) is 7.84. The topological polar surface area (TPSA) is 63.4 Å². The molecule has 0 bridgehead atoms. The van der Waals surface area contributed by atoms with Crippen LogP contribution in [0.25, 0.3) is 0 Å². The van der Waals surface area contributed by atoms with E-state index in [4.69, 9.17) is 5.73 Å². The van der Waals surface area contributed by atoms with Crippen LogP contribution in [0.4, 0.5) is 11.4 Å². The smallest absolute Gasteiger partial charge is 0.235 e. The van der Waals surface area contributed by atoms with Gasteiger partial charge in [-0.05, 0) is 31.4 Å². The average molecular weight is 270 g/mol. The van der Waals surface area contributed by atoms with Gasteiger partial charge in [0.25, 0.3) is 0 Å². The highest BCUT2D eigenvalue weighted by Crippen LogP contribution is 2.25. The molecule has 0 aliphatic heterocycles. The minimum absolute atomic E-state index is 0.160. The first kappa shape index (κ1) is 14.8. The lowest BCUT2D eigenvalue weighted by Crippen LogP contribution is -2.33. The molecule has 0 saturated heterocycles. The van der Waals surface area contributed by atoms with Gasteiger partial charge in [0.2, 0.25) is 10.0 Å². The Morgan fingerprint density at radius 3 is 2.39 bits per heavy atom. The van der Waals surface area contributed by atoms with Crippen molar-refractivity contribution in [3.05, 3.63) is 24.3 Å². The van der Waals surface area contributed by atoms with Gasteiger partial charge in [0.15, 0.2) is 0 Å². The molecule has 1 aromatic carbocycles. The van der Waals surface area contributed by atoms with Crippen LogP contribution in [0.5, 0.6) is 0 Å². The first-order valence-electron chi connectivity index (χ1n) is 6.23. The highest BCUT2D eigenvalue weighted by Gasteiger charge is 2.22. The van der Waals surface area contributed by atoms with Gasteiger partial charge in [0, 0.05) is 6.54 Å². The van der Waals surface area contributed by atoms with E-state index in [9.17, 15) is 8.42 Å². The maximum atomic E-state index is 12.3. The number of hydrogen-bond acceptors (Lipinski definition) is 3. The summed E-state index contributed by atoms with van der Waals surface area (Å²) in [5, 5.41) is 0. The summed E-state index contributed by atoms with van der Waals surface area (Å²) in [6, 6.07) is 7.06. The van der Waals surface area contributed by atoms with Gasteiger partial charge < -0.3 is 5.73 Å². The molecule has 0 aromatic heterocycles. The summed E-state index contributed by atoms with van der Waals surface area (Å²) in [6.07, 6.45) is 0.658. The van der Waals surface area contributed by atoms with E-state index in [1.54, 1.807) is 24.3 Å². The fraction of sp³-hybridized carbons (Fsp3) is 0.538. The van der Waals surface area contributed by atoms with Crippen molar-refractivity contribution in [2.24, 2.45) is 5.92 Å². The third-order valence-corrected chi connectivity index (χ3v) is 4.66. The maximum absolute atomic E-state index is 12.3. The minimum atomic E-state index is -3.29. The number of nitrogens with zero attached hydrogens (tertiary/aromatic N) is 1. The largest absolute Gasteiger partial charge is 0.397 e. The number of hydrogen-bond donors (Lipinski definition) is 1. The van der Waals surface area contributed by atoms with Gasteiger partial charge in [0.1, 0.15) is 0 Å². The Bertz CT molecular complexity index is 484. The second kappa shape index (κ2) is 6.09. The van der Waals surface area contributed by atoms with Crippen LogP contribution in [0.2, 0.25) is 0 Å². The quantitative estimate of drug-likeness (QED) is 0.808. The molecule has 0 fully saturated rings. The van der Waals surface area contributed by atoms with E-state index < -0.39 is 10.0 Å². The van der Waals surface area contributed by atoms with Crippen LogP contribution < -0.4 is 10.0 Å². The Kier molecular flexibility index (Phi) is 5.02. The number of sulfonamides is 1. The summed E-state index contributed by atoms with van der Waals surface area (Å²) < 4.78 is 26.0. The number of nitrogen functional groups attached to an aromatic ring is 1. The van der Waals surface area contributed by atoms with Crippen molar-refractivity contribution in [3.8, 4) is 0 Å². The molecule has 0 saturated carbocycles. The van der Waals surface area contributed by atoms with Gasteiger partial charge in [-0.15, -0.1) is 0 Å². The number of nitrogens with two attached hydrogens (primary N) is 1. The summed E-state index contributed by atoms with van der Waals surface area (Å²) in [7, 11) is -3.29. The number of anilines is 2. The minimum Gasteiger partial charge on any atom is -0.397 e. The normalized spacial score (nSPS) is 11.8. The van der Waals surface area contributed by atoms with E-state index >= 15 is 0 Å². The van der Waals surface area contributed by atoms with Crippen LogP contribution in [0.3, 0.4) is 0 Å². The van der Waals surface area contributed by atoms with Crippen molar-refractivity contribution in [3.63, 3.8) is 0 Å². The SMILES string of the molecule is CCN(c1ccccc1N)S(=O)(=O)CCC(C)C. The molecule has 0 amide bonds. The third kappa shape index (κ3) is 3.63. The molecular formula is C13H22N2O2S. The Labute approximate surface area is 110 Å². The Morgan fingerprint density at radius 1 is 1.28 bits per heavy atom. The molecule has 2 N–H and O–H groups in total. The second-order valence-electron chi connectivity index (χ2n) is 4.72. The van der Waals surface area contributed by atoms with Gasteiger partial charge in [-0.2, -0.15) is 0 Å². The third-order valence-electron chi connectivity index (χ3n) is 2.78. The van der Waals surface area contributed by atoms with Gasteiger partial charge in [0.05, 0.1) is 17.1 Å². The summed E-state index contributed by atoms with van der Waals surface area (Å²) >= 11 is 0. The van der Waals surface area contributed by atoms with E-state index in [1.807, 2.05) is 20.8 Å². The lowest BCUT2D eigenvalue weighted by molar-refractivity contribution is 0.570. The van der Waals surface area contributed by atoms with Crippen LogP contribution in [0.15, 0.2) is 24.3 Å². The zero-order valence-electron chi connectivity index (χ0n) is 11.3. The second-order valence-corrected chi connectivity index (χ2v) is 6.73. The summed E-state index contributed by atoms with van der Waals surface area (Å²) in [6.45, 7) is 6.25. The first-order chi connectivity index (χ1) is 8.38. The Balaban J connectivity index is 3.00. The highest BCUT2D eigenvalue weighted by atomic mass is 32.2. The molecule has 18 heavy (non-hydrogen) atoms. The van der Waals surface area contributed by atoms with Gasteiger partial charge in [-0.25, -0.2) is 8.42 Å². The van der Waals surface area contributed by atoms with E-state index in [0.717, 1.165) is 0 Å². The van der Waals surface area contributed by atoms with Gasteiger partial charge in [-0.1, -0.05) is 26.0 Å². The van der Waals surface area contributed by atoms with E-state index in [0.29, 0.717) is 30.3 Å². The molecular weight excluding hydrogens is 248 g/mol. The fourth-order valence-corrected chi connectivity index (χ4v) is 3.58. The molecule has 4 nitrogen and oxygen atoms in total. The lowest BCUT2D eigenvalue weighted by Gasteiger charge is -2.24. The van der Waals surface area contributed by atoms with Crippen LogP contribution >= 0.6 is 0 Å². The predicted molar refractivity (Wildman–Crippen MR) is 77.1 cm³/mol. The summed E-state index contributed by atoms with van der Waals surface area (Å²) in [4.78, 5) is 0. The average Bonchev–Trinajstić information content (AvgIpc) is 2.30. The number of para-hydroxylation sites is 2. The molecule has 5 heteroatoms. The zero-order chi connectivity index (χ0) is 13.8. The van der Waals surface area contributed by atoms with E-state index in [-0.39, 0.29) is 5.75 Å². The number of rotatable bonds is 6. The van der Waals surface area contributed by atoms with Crippen molar-refractivity contribution < 1.29 is 8.42 Å². The molecule has 0 aliphatic rings. The van der Waals surface area contributed by atoms with Crippen molar-refractivity contribution in [2.45, 2.75) is 27.2 Å². The molecule has 0 radical (unpaired) electrons. The van der Waals surface area contributed by atoms with Gasteiger partial charge >= 0.3 is 0 Å². The molecule has 0 unspecified atom stereocenters. The van der Waals surface area contributed by atoms with Gasteiger partial charge in [-0.3, -0.25) is 4.31 Å². The predicted octanol–water partition coefficient (Wildman–Crippen LogP) is 2.47. The Morgan fingerprint density at radius 2 is 1.89 bits per heavy atom. The van der Waals surface area contributed by atoms with Crippen LogP contribution in [-0.2, 0) is 10.0 Å². The molecule has 0 aliphatic carbocycles. The Hall–Kier alpha value is -1.23. The maximum Gasteiger partial charge on any atom is 0.235 e. The van der Waals surface area contributed by atoms with Crippen molar-refractivity contribution in [1.82, 2.24) is 0 Å². The van der Waals surface area contributed by atoms with Crippen LogP contribution in [-0.4, -0.2) is 20.7 Å². The zero-order valence-corrected chi connectivity index (χ0v) is 12.1. The van der Waals surface area contributed by atoms with Crippen molar-refractivity contribution in [1.29, 1.82) is 0 Å². The number of benzene rings is 1. The molecule has 1 rings (SSSR count). The molecule has 0 atom stereocenters. The molecule has 1 aromatic rings. The van der Waals surface area contributed by atoms with E-state index in [1.165, 1.54) is 4.31 Å². The summed E-state index contributed by atoms with van der Waals surface area (Å²) in [5.41, 5.74) is 6.91. The molecule has 0 spiro atoms. The molecule has 0 heterocycles. The molecule has 102 valence electrons. The van der Waals surface area contributed by atoms with Crippen LogP contribution in [0, 0.1) is 5.92 Å². The fourth-order valence-electron chi connectivity index (χ4n) is 1.73. The lowest BCUT2D eigenvalue weighted by atomic mass is 10.2. The van der Waals surface area contributed by atoms with E-state index in [2.05, 4.69) is 0 Å². The van der Waals surface area contributed by atoms with Crippen molar-refractivity contribution >= 4 is 21.4 Å². The standard InChI is InChI=1S/C13H22N2O2S/c1-4-15(13-8-6-5-7-12(13)14)18(16,17)10-9-11(2)3/h5-8,11H,4,9-10,14H2,1-3H3. The van der Waals surface area contributed by atoms with Crippen molar-refractivity contribution in [2.75, 3.05) is 22.3 Å². The summed E-state index contributed by atoms with van der Waals surface area (Å²) in [5.74, 6) is 0.527. The van der Waals surface area contributed by atoms with Crippen LogP contribution in [0.1, 0.15) is 27.2 Å².